The normalized spacial score (nSPS) is 15.9. The quantitative estimate of drug-likeness (QED) is 0.171. The van der Waals surface area contributed by atoms with Gasteiger partial charge in [-0.2, -0.15) is 0 Å². The third-order valence-corrected chi connectivity index (χ3v) is 14.3. The lowest BCUT2D eigenvalue weighted by Gasteiger charge is -2.18. The Kier molecular flexibility index (Phi) is 7.15. The minimum absolute atomic E-state index is 0.256. The highest BCUT2D eigenvalue weighted by molar-refractivity contribution is 7.25. The maximum Gasteiger partial charge on any atom is 0.181 e. The second kappa shape index (κ2) is 12.0. The van der Waals surface area contributed by atoms with Crippen LogP contribution in [0.3, 0.4) is 0 Å². The van der Waals surface area contributed by atoms with Crippen molar-refractivity contribution in [2.24, 2.45) is 0 Å². The molecule has 4 aliphatic rings. The summed E-state index contributed by atoms with van der Waals surface area (Å²) in [7, 11) is 0. The maximum atomic E-state index is 6.34. The first-order chi connectivity index (χ1) is 25.6. The molecule has 264 valence electrons. The van der Waals surface area contributed by atoms with Gasteiger partial charge in [-0.05, 0) is 49.2 Å². The molecular formula is C39H31NO8S4. The summed E-state index contributed by atoms with van der Waals surface area (Å²) in [5.41, 5.74) is 4.53. The summed E-state index contributed by atoms with van der Waals surface area (Å²) in [6, 6.07) is 13.8. The third kappa shape index (κ3) is 4.62. The van der Waals surface area contributed by atoms with Crippen LogP contribution in [0.2, 0.25) is 0 Å². The molecule has 2 aromatic carbocycles. The van der Waals surface area contributed by atoms with Crippen LogP contribution in [0, 0.1) is 0 Å². The number of fused-ring (bicyclic) bond motifs is 7. The van der Waals surface area contributed by atoms with Crippen LogP contribution in [-0.4, -0.2) is 57.4 Å². The van der Waals surface area contributed by atoms with E-state index in [1.54, 1.807) is 45.3 Å². The maximum absolute atomic E-state index is 6.34. The summed E-state index contributed by atoms with van der Waals surface area (Å²) in [6.07, 6.45) is 0. The highest BCUT2D eigenvalue weighted by Gasteiger charge is 2.33. The molecule has 13 heteroatoms. The fourth-order valence-electron chi connectivity index (χ4n) is 7.51. The van der Waals surface area contributed by atoms with Gasteiger partial charge < -0.3 is 42.5 Å². The van der Waals surface area contributed by atoms with E-state index in [2.05, 4.69) is 54.8 Å². The van der Waals surface area contributed by atoms with E-state index in [0.29, 0.717) is 52.9 Å². The Morgan fingerprint density at radius 1 is 0.462 bits per heavy atom. The summed E-state index contributed by atoms with van der Waals surface area (Å²) >= 11 is 6.60. The van der Waals surface area contributed by atoms with E-state index in [1.807, 2.05) is 10.8 Å². The van der Waals surface area contributed by atoms with Gasteiger partial charge in [-0.15, -0.1) is 45.3 Å². The van der Waals surface area contributed by atoms with Gasteiger partial charge in [-0.3, -0.25) is 0 Å². The van der Waals surface area contributed by atoms with Crippen molar-refractivity contribution >= 4 is 67.2 Å². The number of nitrogens with zero attached hydrogens (tertiary/aromatic N) is 1. The first-order valence-corrected chi connectivity index (χ1v) is 20.7. The van der Waals surface area contributed by atoms with Crippen LogP contribution in [0.4, 0.5) is 0 Å². The van der Waals surface area contributed by atoms with Gasteiger partial charge in [0, 0.05) is 38.6 Å². The van der Waals surface area contributed by atoms with Crippen LogP contribution in [0.5, 0.6) is 46.0 Å². The van der Waals surface area contributed by atoms with Gasteiger partial charge in [-0.25, -0.2) is 0 Å². The van der Waals surface area contributed by atoms with Crippen molar-refractivity contribution < 1.29 is 37.9 Å². The standard InChI is InChI=1S/C39H31NO8S4/c1-19(2)40-24-5-3-20(34-30-32(47-13-11-45-30)38(51-34)36-28-26(17-49-36)41-7-9-43-28)15-22(24)23-16-21(4-6-25(23)40)35-31-33(48-14-12-46-31)39(52-35)37-29-27(18-50-37)42-8-10-44-29/h3-6,15-19H,7-14H2,1-2H3. The van der Waals surface area contributed by atoms with Crippen LogP contribution >= 0.6 is 45.3 Å². The van der Waals surface area contributed by atoms with Crippen molar-refractivity contribution in [3.63, 3.8) is 0 Å². The molecule has 0 unspecified atom stereocenters. The molecule has 0 aliphatic carbocycles. The highest BCUT2D eigenvalue weighted by atomic mass is 32.1. The lowest BCUT2D eigenvalue weighted by atomic mass is 10.0. The van der Waals surface area contributed by atoms with Crippen LogP contribution in [0.15, 0.2) is 47.2 Å². The zero-order valence-corrected chi connectivity index (χ0v) is 31.5. The predicted molar refractivity (Wildman–Crippen MR) is 207 cm³/mol. The summed E-state index contributed by atoms with van der Waals surface area (Å²) in [5, 5.41) is 6.39. The summed E-state index contributed by atoms with van der Waals surface area (Å²) in [4.78, 5) is 6.14. The van der Waals surface area contributed by atoms with Crippen LogP contribution < -0.4 is 37.9 Å². The van der Waals surface area contributed by atoms with Gasteiger partial charge in [0.2, 0.25) is 0 Å². The zero-order chi connectivity index (χ0) is 34.5. The van der Waals surface area contributed by atoms with E-state index >= 15 is 0 Å². The van der Waals surface area contributed by atoms with E-state index in [-0.39, 0.29) is 6.04 Å². The third-order valence-electron chi connectivity index (χ3n) is 9.66. The molecule has 0 fully saturated rings. The molecule has 7 aromatic rings. The second-order valence-electron chi connectivity index (χ2n) is 13.1. The van der Waals surface area contributed by atoms with Crippen molar-refractivity contribution in [2.75, 3.05) is 52.9 Å². The molecule has 0 amide bonds. The van der Waals surface area contributed by atoms with E-state index in [4.69, 9.17) is 37.9 Å². The second-order valence-corrected chi connectivity index (χ2v) is 16.9. The predicted octanol–water partition coefficient (Wildman–Crippen LogP) is 10.4. The molecule has 9 heterocycles. The molecular weight excluding hydrogens is 739 g/mol. The molecule has 4 aliphatic heterocycles. The zero-order valence-electron chi connectivity index (χ0n) is 28.2. The largest absolute Gasteiger partial charge is 0.485 e. The molecule has 52 heavy (non-hydrogen) atoms. The number of ether oxygens (including phenoxy) is 8. The summed E-state index contributed by atoms with van der Waals surface area (Å²) in [6.45, 7) is 8.66. The van der Waals surface area contributed by atoms with E-state index in [1.165, 1.54) is 21.8 Å². The Morgan fingerprint density at radius 2 is 0.846 bits per heavy atom. The van der Waals surface area contributed by atoms with E-state index < -0.39 is 0 Å². The average Bonchev–Trinajstić information content (AvgIpc) is 4.01. The Bertz CT molecular complexity index is 2380. The van der Waals surface area contributed by atoms with Gasteiger partial charge in [0.05, 0.1) is 29.3 Å². The van der Waals surface area contributed by atoms with Gasteiger partial charge >= 0.3 is 0 Å². The monoisotopic (exact) mass is 769 g/mol. The average molecular weight is 770 g/mol. The number of benzene rings is 2. The molecule has 0 N–H and O–H groups in total. The molecule has 0 saturated carbocycles. The smallest absolute Gasteiger partial charge is 0.181 e. The first kappa shape index (κ1) is 31.0. The van der Waals surface area contributed by atoms with Gasteiger partial charge in [0.25, 0.3) is 0 Å². The van der Waals surface area contributed by atoms with Crippen molar-refractivity contribution in [3.8, 4) is 86.4 Å². The SMILES string of the molecule is CC(C)n1c2ccc(-c3sc(-c4scc5c4OCCO5)c4c3OCCO4)cc2c2cc(-c3sc(-c4scc5c4OCCO5)c4c3OCCO4)ccc21. The van der Waals surface area contributed by atoms with Crippen molar-refractivity contribution in [2.45, 2.75) is 19.9 Å². The number of hydrogen-bond acceptors (Lipinski definition) is 12. The van der Waals surface area contributed by atoms with Crippen LogP contribution in [0.25, 0.3) is 62.2 Å². The number of thiophene rings is 4. The Morgan fingerprint density at radius 3 is 1.27 bits per heavy atom. The highest BCUT2D eigenvalue weighted by Crippen LogP contribution is 2.60. The van der Waals surface area contributed by atoms with Gasteiger partial charge in [-0.1, -0.05) is 12.1 Å². The number of aromatic nitrogens is 1. The molecule has 11 rings (SSSR count). The van der Waals surface area contributed by atoms with Crippen LogP contribution in [0.1, 0.15) is 19.9 Å². The number of rotatable bonds is 5. The first-order valence-electron chi connectivity index (χ1n) is 17.3. The van der Waals surface area contributed by atoms with Gasteiger partial charge in [0.15, 0.2) is 46.0 Å². The Balaban J connectivity index is 1.07. The molecule has 0 saturated heterocycles. The molecule has 5 aromatic heterocycles. The van der Waals surface area contributed by atoms with Crippen LogP contribution in [-0.2, 0) is 0 Å². The molecule has 0 bridgehead atoms. The fourth-order valence-corrected chi connectivity index (χ4v) is 12.0. The minimum atomic E-state index is 0.256. The molecule has 9 nitrogen and oxygen atoms in total. The lowest BCUT2D eigenvalue weighted by molar-refractivity contribution is 0.172. The summed E-state index contributed by atoms with van der Waals surface area (Å²) < 4.78 is 51.6. The van der Waals surface area contributed by atoms with Crippen molar-refractivity contribution in [1.29, 1.82) is 0 Å². The van der Waals surface area contributed by atoms with E-state index in [9.17, 15) is 0 Å². The van der Waals surface area contributed by atoms with Crippen molar-refractivity contribution in [3.05, 3.63) is 47.2 Å². The Hall–Kier alpha value is -4.56. The van der Waals surface area contributed by atoms with Gasteiger partial charge in [0.1, 0.15) is 52.9 Å². The topological polar surface area (TPSA) is 78.8 Å². The van der Waals surface area contributed by atoms with E-state index in [0.717, 1.165) is 86.4 Å². The Labute approximate surface area is 314 Å². The summed E-state index contributed by atoms with van der Waals surface area (Å²) in [5.74, 6) is 6.30. The van der Waals surface area contributed by atoms with Crippen molar-refractivity contribution in [1.82, 2.24) is 4.57 Å². The number of hydrogen-bond donors (Lipinski definition) is 0. The lowest BCUT2D eigenvalue weighted by Crippen LogP contribution is -2.15. The fraction of sp³-hybridized carbons (Fsp3) is 0.282. The molecule has 0 atom stereocenters. The molecule has 0 spiro atoms. The molecule has 0 radical (unpaired) electrons. The minimum Gasteiger partial charge on any atom is -0.485 e.